The van der Waals surface area contributed by atoms with Crippen LogP contribution in [0.25, 0.3) is 11.0 Å². The van der Waals surface area contributed by atoms with Crippen LogP contribution < -0.4 is 10.1 Å². The number of aryl methyl sites for hydroxylation is 1. The van der Waals surface area contributed by atoms with Gasteiger partial charge in [0.05, 0.1) is 17.1 Å². The molecule has 0 radical (unpaired) electrons. The highest BCUT2D eigenvalue weighted by Crippen LogP contribution is 2.19. The topological polar surface area (TPSA) is 56.2 Å². The van der Waals surface area contributed by atoms with Crippen molar-refractivity contribution in [3.8, 4) is 5.75 Å². The summed E-state index contributed by atoms with van der Waals surface area (Å²) < 4.78 is 7.86. The summed E-state index contributed by atoms with van der Waals surface area (Å²) in [4.78, 5) is 17.5. The van der Waals surface area contributed by atoms with Crippen LogP contribution in [0.4, 0.5) is 0 Å². The number of rotatable bonds is 7. The van der Waals surface area contributed by atoms with Crippen molar-refractivity contribution >= 4 is 16.9 Å². The first-order valence-electron chi connectivity index (χ1n) is 10.1. The number of nitrogens with zero attached hydrogens (tertiary/aromatic N) is 2. The Kier molecular flexibility index (Phi) is 5.80. The number of amides is 1. The van der Waals surface area contributed by atoms with E-state index >= 15 is 0 Å². The van der Waals surface area contributed by atoms with E-state index in [2.05, 4.69) is 5.32 Å². The van der Waals surface area contributed by atoms with Crippen molar-refractivity contribution in [3.05, 3.63) is 95.8 Å². The third-order valence-corrected chi connectivity index (χ3v) is 5.10. The Morgan fingerprint density at radius 2 is 1.70 bits per heavy atom. The second-order valence-electron chi connectivity index (χ2n) is 7.40. The van der Waals surface area contributed by atoms with Gasteiger partial charge >= 0.3 is 0 Å². The first kappa shape index (κ1) is 19.7. The highest BCUT2D eigenvalue weighted by Gasteiger charge is 2.16. The highest BCUT2D eigenvalue weighted by atomic mass is 16.5. The van der Waals surface area contributed by atoms with Gasteiger partial charge in [0, 0.05) is 0 Å². The zero-order chi connectivity index (χ0) is 20.9. The minimum atomic E-state index is -0.0688. The van der Waals surface area contributed by atoms with Crippen LogP contribution in [0.15, 0.2) is 78.9 Å². The van der Waals surface area contributed by atoms with Crippen LogP contribution in [0.3, 0.4) is 0 Å². The van der Waals surface area contributed by atoms with Gasteiger partial charge in [-0.3, -0.25) is 4.79 Å². The first-order chi connectivity index (χ1) is 14.6. The van der Waals surface area contributed by atoms with Gasteiger partial charge in [-0.05, 0) is 43.7 Å². The molecule has 4 aromatic rings. The maximum Gasteiger partial charge on any atom is 0.240 e. The van der Waals surface area contributed by atoms with Crippen LogP contribution in [0.5, 0.6) is 5.75 Å². The van der Waals surface area contributed by atoms with Gasteiger partial charge in [0.1, 0.15) is 24.7 Å². The van der Waals surface area contributed by atoms with Crippen molar-refractivity contribution in [2.75, 3.05) is 0 Å². The molecule has 0 aliphatic heterocycles. The lowest BCUT2D eigenvalue weighted by Crippen LogP contribution is -2.30. The Morgan fingerprint density at radius 3 is 2.47 bits per heavy atom. The molecule has 1 amide bonds. The molecule has 1 aromatic heterocycles. The number of para-hydroxylation sites is 2. The molecule has 0 saturated heterocycles. The van der Waals surface area contributed by atoms with E-state index in [0.29, 0.717) is 6.61 Å². The van der Waals surface area contributed by atoms with Crippen LogP contribution in [-0.4, -0.2) is 15.5 Å². The molecule has 5 nitrogen and oxygen atoms in total. The average molecular weight is 399 g/mol. The van der Waals surface area contributed by atoms with E-state index in [9.17, 15) is 4.79 Å². The lowest BCUT2D eigenvalue weighted by atomic mass is 10.1. The molecule has 4 rings (SSSR count). The van der Waals surface area contributed by atoms with Gasteiger partial charge in [0.15, 0.2) is 0 Å². The molecule has 5 heteroatoms. The summed E-state index contributed by atoms with van der Waals surface area (Å²) in [6.07, 6.45) is 0. The number of aromatic nitrogens is 2. The third kappa shape index (κ3) is 4.51. The molecular formula is C25H25N3O2. The smallest absolute Gasteiger partial charge is 0.240 e. The molecule has 0 saturated carbocycles. The van der Waals surface area contributed by atoms with E-state index in [4.69, 9.17) is 9.72 Å². The van der Waals surface area contributed by atoms with E-state index in [1.165, 1.54) is 5.56 Å². The predicted molar refractivity (Wildman–Crippen MR) is 118 cm³/mol. The molecule has 0 fully saturated rings. The number of nitrogens with one attached hydrogen (secondary N) is 1. The van der Waals surface area contributed by atoms with Crippen molar-refractivity contribution in [1.82, 2.24) is 14.9 Å². The molecule has 1 heterocycles. The fourth-order valence-electron chi connectivity index (χ4n) is 3.45. The van der Waals surface area contributed by atoms with Gasteiger partial charge in [-0.25, -0.2) is 4.98 Å². The van der Waals surface area contributed by atoms with Gasteiger partial charge in [-0.15, -0.1) is 0 Å². The van der Waals surface area contributed by atoms with E-state index in [0.717, 1.165) is 28.2 Å². The maximum atomic E-state index is 12.8. The number of carbonyl (C=O) groups is 1. The Hall–Kier alpha value is -3.60. The van der Waals surface area contributed by atoms with Gasteiger partial charge in [-0.2, -0.15) is 0 Å². The van der Waals surface area contributed by atoms with E-state index in [1.807, 2.05) is 97.3 Å². The molecule has 1 N–H and O–H groups in total. The summed E-state index contributed by atoms with van der Waals surface area (Å²) in [6.45, 7) is 4.50. The van der Waals surface area contributed by atoms with E-state index < -0.39 is 0 Å². The van der Waals surface area contributed by atoms with E-state index in [1.54, 1.807) is 0 Å². The molecule has 0 aliphatic carbocycles. The van der Waals surface area contributed by atoms with Crippen molar-refractivity contribution < 1.29 is 9.53 Å². The van der Waals surface area contributed by atoms with Crippen LogP contribution in [0, 0.1) is 6.92 Å². The number of carbonyl (C=O) groups excluding carboxylic acids is 1. The molecule has 0 spiro atoms. The summed E-state index contributed by atoms with van der Waals surface area (Å²) in [7, 11) is 0. The summed E-state index contributed by atoms with van der Waals surface area (Å²) in [5.41, 5.74) is 4.02. The fourth-order valence-corrected chi connectivity index (χ4v) is 3.45. The second-order valence-corrected chi connectivity index (χ2v) is 7.40. The van der Waals surface area contributed by atoms with Crippen molar-refractivity contribution in [3.63, 3.8) is 0 Å². The van der Waals surface area contributed by atoms with Gasteiger partial charge in [0.25, 0.3) is 0 Å². The Morgan fingerprint density at radius 1 is 1.00 bits per heavy atom. The van der Waals surface area contributed by atoms with Crippen LogP contribution >= 0.6 is 0 Å². The van der Waals surface area contributed by atoms with Crippen molar-refractivity contribution in [2.45, 2.75) is 33.0 Å². The predicted octanol–water partition coefficient (Wildman–Crippen LogP) is 4.80. The lowest BCUT2D eigenvalue weighted by Gasteiger charge is -2.16. The van der Waals surface area contributed by atoms with Crippen LogP contribution in [0.2, 0.25) is 0 Å². The number of ether oxygens (including phenoxy) is 1. The quantitative estimate of drug-likeness (QED) is 0.486. The molecule has 3 aromatic carbocycles. The summed E-state index contributed by atoms with van der Waals surface area (Å²) in [6, 6.07) is 25.6. The molecular weight excluding hydrogens is 374 g/mol. The minimum Gasteiger partial charge on any atom is -0.486 e. The zero-order valence-corrected chi connectivity index (χ0v) is 17.2. The van der Waals surface area contributed by atoms with Gasteiger partial charge in [-0.1, -0.05) is 60.2 Å². The Labute approximate surface area is 176 Å². The molecule has 152 valence electrons. The number of fused-ring (bicyclic) bond motifs is 1. The molecule has 0 bridgehead atoms. The molecule has 0 unspecified atom stereocenters. The molecule has 30 heavy (non-hydrogen) atoms. The summed E-state index contributed by atoms with van der Waals surface area (Å²) in [5.74, 6) is 1.44. The summed E-state index contributed by atoms with van der Waals surface area (Å²) >= 11 is 0. The number of imidazole rings is 1. The van der Waals surface area contributed by atoms with Gasteiger partial charge in [0.2, 0.25) is 5.91 Å². The average Bonchev–Trinajstić information content (AvgIpc) is 3.11. The van der Waals surface area contributed by atoms with Crippen molar-refractivity contribution in [1.29, 1.82) is 0 Å². The van der Waals surface area contributed by atoms with Gasteiger partial charge < -0.3 is 14.6 Å². The van der Waals surface area contributed by atoms with Crippen molar-refractivity contribution in [2.24, 2.45) is 0 Å². The SMILES string of the molecule is Cc1ccc(OCc2nc3ccccc3n2CC(=O)N[C@@H](C)c2ccccc2)cc1. The number of hydrogen-bond acceptors (Lipinski definition) is 3. The number of benzene rings is 3. The molecule has 0 aliphatic rings. The fraction of sp³-hybridized carbons (Fsp3) is 0.200. The maximum absolute atomic E-state index is 12.8. The monoisotopic (exact) mass is 399 g/mol. The highest BCUT2D eigenvalue weighted by molar-refractivity contribution is 5.81. The minimum absolute atomic E-state index is 0.0638. The lowest BCUT2D eigenvalue weighted by molar-refractivity contribution is -0.122. The van der Waals surface area contributed by atoms with Crippen LogP contribution in [0.1, 0.15) is 29.9 Å². The normalized spacial score (nSPS) is 11.9. The Bertz CT molecular complexity index is 1130. The number of hydrogen-bond donors (Lipinski definition) is 1. The molecule has 1 atom stereocenters. The summed E-state index contributed by atoms with van der Waals surface area (Å²) in [5, 5.41) is 3.08. The zero-order valence-electron chi connectivity index (χ0n) is 17.2. The largest absolute Gasteiger partial charge is 0.486 e. The second kappa shape index (κ2) is 8.82. The standard InChI is InChI=1S/C25H25N3O2/c1-18-12-14-21(15-13-18)30-17-24-27-22-10-6-7-11-23(22)28(24)16-25(29)26-19(2)20-8-4-3-5-9-20/h3-15,19H,16-17H2,1-2H3,(H,26,29)/t19-/m0/s1. The van der Waals surface area contributed by atoms with Crippen LogP contribution in [-0.2, 0) is 17.9 Å². The van der Waals surface area contributed by atoms with E-state index in [-0.39, 0.29) is 18.5 Å². The Balaban J connectivity index is 1.52. The first-order valence-corrected chi connectivity index (χ1v) is 10.1. The third-order valence-electron chi connectivity index (χ3n) is 5.10.